The number of carbonyl (C=O) groups is 2. The number of hydrogen-bond acceptors (Lipinski definition) is 7. The Bertz CT molecular complexity index is 1500. The van der Waals surface area contributed by atoms with Gasteiger partial charge in [-0.05, 0) is 76.8 Å². The molecule has 3 heterocycles. The molecule has 0 radical (unpaired) electrons. The van der Waals surface area contributed by atoms with Gasteiger partial charge in [0, 0.05) is 18.4 Å². The van der Waals surface area contributed by atoms with E-state index in [0.717, 1.165) is 23.9 Å². The van der Waals surface area contributed by atoms with Crippen molar-refractivity contribution in [3.05, 3.63) is 72.7 Å². The number of fused-ring (bicyclic) bond motifs is 1. The Kier molecular flexibility index (Phi) is 7.68. The molecule has 1 saturated heterocycles. The van der Waals surface area contributed by atoms with Gasteiger partial charge in [0.05, 0.1) is 17.1 Å². The van der Waals surface area contributed by atoms with Gasteiger partial charge in [-0.3, -0.25) is 14.3 Å². The van der Waals surface area contributed by atoms with Crippen molar-refractivity contribution in [2.45, 2.75) is 64.6 Å². The first-order valence-corrected chi connectivity index (χ1v) is 13.6. The summed E-state index contributed by atoms with van der Waals surface area (Å²) in [6, 6.07) is 16.9. The van der Waals surface area contributed by atoms with E-state index in [9.17, 15) is 9.59 Å². The van der Waals surface area contributed by atoms with Crippen LogP contribution in [0.15, 0.2) is 67.1 Å². The van der Waals surface area contributed by atoms with Crippen molar-refractivity contribution in [3.63, 3.8) is 0 Å². The molecular weight excluding hydrogens is 506 g/mol. The Labute approximate surface area is 233 Å². The summed E-state index contributed by atoms with van der Waals surface area (Å²) in [5.74, 6) is 0.956. The largest absolute Gasteiger partial charge is 0.444 e. The molecule has 10 heteroatoms. The van der Waals surface area contributed by atoms with Gasteiger partial charge in [-0.2, -0.15) is 4.98 Å². The molecule has 2 N–H and O–H groups in total. The Hall–Kier alpha value is -4.47. The second-order valence-electron chi connectivity index (χ2n) is 11.0. The van der Waals surface area contributed by atoms with Crippen molar-refractivity contribution < 1.29 is 14.3 Å². The number of aromatic nitrogens is 4. The summed E-state index contributed by atoms with van der Waals surface area (Å²) < 4.78 is 7.42. The number of anilines is 2. The van der Waals surface area contributed by atoms with Crippen LogP contribution in [0.5, 0.6) is 0 Å². The highest BCUT2D eigenvalue weighted by molar-refractivity contribution is 5.98. The highest BCUT2D eigenvalue weighted by Crippen LogP contribution is 2.25. The van der Waals surface area contributed by atoms with E-state index in [0.29, 0.717) is 35.9 Å². The Balaban J connectivity index is 1.30. The van der Waals surface area contributed by atoms with E-state index in [2.05, 4.69) is 39.7 Å². The fourth-order valence-electron chi connectivity index (χ4n) is 4.81. The van der Waals surface area contributed by atoms with E-state index in [-0.39, 0.29) is 11.9 Å². The third kappa shape index (κ3) is 6.22. The van der Waals surface area contributed by atoms with Gasteiger partial charge >= 0.3 is 6.09 Å². The number of benzene rings is 2. The normalized spacial score (nSPS) is 16.4. The Morgan fingerprint density at radius 1 is 1.05 bits per heavy atom. The van der Waals surface area contributed by atoms with Gasteiger partial charge in [0.2, 0.25) is 11.9 Å². The van der Waals surface area contributed by atoms with Crippen LogP contribution in [0.2, 0.25) is 0 Å². The van der Waals surface area contributed by atoms with E-state index in [1.807, 2.05) is 67.8 Å². The molecule has 1 aliphatic heterocycles. The topological polar surface area (TPSA) is 114 Å². The van der Waals surface area contributed by atoms with Crippen molar-refractivity contribution >= 4 is 34.7 Å². The van der Waals surface area contributed by atoms with E-state index < -0.39 is 17.7 Å². The number of ether oxygens (including phenoxy) is 1. The zero-order valence-corrected chi connectivity index (χ0v) is 23.3. The van der Waals surface area contributed by atoms with Crippen LogP contribution >= 0.6 is 0 Å². The van der Waals surface area contributed by atoms with E-state index in [1.165, 1.54) is 4.90 Å². The number of carbonyl (C=O) groups excluding carboxylic acids is 2. The minimum atomic E-state index is -0.625. The monoisotopic (exact) mass is 541 g/mol. The zero-order valence-electron chi connectivity index (χ0n) is 23.3. The van der Waals surface area contributed by atoms with Gasteiger partial charge < -0.3 is 15.4 Å². The van der Waals surface area contributed by atoms with Gasteiger partial charge in [0.15, 0.2) is 0 Å². The SMILES string of the molecule is C[C@H](Nc1nccc(-n2cnc3cc(NC(=O)[C@H]4CCCCN4C(=O)OC(C)(C)C)ccc32)n1)c1ccccc1. The number of rotatable bonds is 6. The van der Waals surface area contributed by atoms with E-state index >= 15 is 0 Å². The van der Waals surface area contributed by atoms with Gasteiger partial charge in [-0.15, -0.1) is 0 Å². The molecule has 0 spiro atoms. The minimum absolute atomic E-state index is 0.0394. The third-order valence-electron chi connectivity index (χ3n) is 6.78. The quantitative estimate of drug-likeness (QED) is 0.321. The lowest BCUT2D eigenvalue weighted by Gasteiger charge is -2.35. The third-order valence-corrected chi connectivity index (χ3v) is 6.78. The summed E-state index contributed by atoms with van der Waals surface area (Å²) in [6.45, 7) is 8.02. The average Bonchev–Trinajstić information content (AvgIpc) is 3.36. The number of amides is 2. The Morgan fingerprint density at radius 3 is 2.62 bits per heavy atom. The molecule has 40 heavy (non-hydrogen) atoms. The predicted octanol–water partition coefficient (Wildman–Crippen LogP) is 5.72. The highest BCUT2D eigenvalue weighted by Gasteiger charge is 2.35. The minimum Gasteiger partial charge on any atom is -0.444 e. The molecule has 10 nitrogen and oxygen atoms in total. The second-order valence-corrected chi connectivity index (χ2v) is 11.0. The van der Waals surface area contributed by atoms with Gasteiger partial charge in [0.1, 0.15) is 23.8 Å². The summed E-state index contributed by atoms with van der Waals surface area (Å²) in [4.78, 5) is 41.1. The number of likely N-dealkylation sites (tertiary alicyclic amines) is 1. The van der Waals surface area contributed by atoms with Crippen LogP contribution in [0, 0.1) is 0 Å². The molecule has 5 rings (SSSR count). The first-order chi connectivity index (χ1) is 19.2. The number of piperidine rings is 1. The molecule has 2 amide bonds. The molecule has 208 valence electrons. The maximum Gasteiger partial charge on any atom is 0.410 e. The van der Waals surface area contributed by atoms with Crippen molar-refractivity contribution in [1.82, 2.24) is 24.4 Å². The standard InChI is InChI=1S/C30H35N7O3/c1-20(21-10-6-5-7-11-21)33-28-31-16-15-26(35-28)37-19-32-23-18-22(13-14-24(23)37)34-27(38)25-12-8-9-17-36(25)29(39)40-30(2,3)4/h5-7,10-11,13-16,18-20,25H,8-9,12,17H2,1-4H3,(H,34,38)(H,31,33,35)/t20-,25+/m0/s1. The molecule has 2 aromatic carbocycles. The number of imidazole rings is 1. The van der Waals surface area contributed by atoms with Crippen LogP contribution in [0.1, 0.15) is 58.6 Å². The van der Waals surface area contributed by atoms with Crippen molar-refractivity contribution in [1.29, 1.82) is 0 Å². The van der Waals surface area contributed by atoms with Crippen LogP contribution in [-0.2, 0) is 9.53 Å². The van der Waals surface area contributed by atoms with Crippen LogP contribution in [0.3, 0.4) is 0 Å². The van der Waals surface area contributed by atoms with E-state index in [1.54, 1.807) is 12.5 Å². The lowest BCUT2D eigenvalue weighted by molar-refractivity contribution is -0.122. The number of nitrogens with one attached hydrogen (secondary N) is 2. The molecule has 1 aliphatic rings. The summed E-state index contributed by atoms with van der Waals surface area (Å²) in [7, 11) is 0. The van der Waals surface area contributed by atoms with Crippen molar-refractivity contribution in [2.24, 2.45) is 0 Å². The molecule has 0 saturated carbocycles. The Morgan fingerprint density at radius 2 is 1.85 bits per heavy atom. The first-order valence-electron chi connectivity index (χ1n) is 13.6. The molecule has 4 aromatic rings. The van der Waals surface area contributed by atoms with Gasteiger partial charge in [-0.25, -0.2) is 14.8 Å². The molecular formula is C30H35N7O3. The number of hydrogen-bond donors (Lipinski definition) is 2. The molecule has 0 aliphatic carbocycles. The van der Waals surface area contributed by atoms with E-state index in [4.69, 9.17) is 9.72 Å². The van der Waals surface area contributed by atoms with Crippen LogP contribution in [0.4, 0.5) is 16.4 Å². The molecule has 0 bridgehead atoms. The van der Waals surface area contributed by atoms with Gasteiger partial charge in [-0.1, -0.05) is 30.3 Å². The number of nitrogens with zero attached hydrogens (tertiary/aromatic N) is 5. The lowest BCUT2D eigenvalue weighted by atomic mass is 10.0. The van der Waals surface area contributed by atoms with Crippen molar-refractivity contribution in [3.8, 4) is 5.82 Å². The summed E-state index contributed by atoms with van der Waals surface area (Å²) >= 11 is 0. The maximum absolute atomic E-state index is 13.2. The smallest absolute Gasteiger partial charge is 0.410 e. The van der Waals surface area contributed by atoms with Crippen LogP contribution in [-0.4, -0.2) is 54.6 Å². The summed E-state index contributed by atoms with van der Waals surface area (Å²) in [6.07, 6.45) is 5.27. The zero-order chi connectivity index (χ0) is 28.3. The fraction of sp³-hybridized carbons (Fsp3) is 0.367. The maximum atomic E-state index is 13.2. The highest BCUT2D eigenvalue weighted by atomic mass is 16.6. The fourth-order valence-corrected chi connectivity index (χ4v) is 4.81. The molecule has 2 aromatic heterocycles. The lowest BCUT2D eigenvalue weighted by Crippen LogP contribution is -2.51. The molecule has 0 unspecified atom stereocenters. The molecule has 2 atom stereocenters. The second kappa shape index (κ2) is 11.3. The summed E-state index contributed by atoms with van der Waals surface area (Å²) in [5.41, 5.74) is 2.67. The average molecular weight is 542 g/mol. The first kappa shape index (κ1) is 27.1. The van der Waals surface area contributed by atoms with Gasteiger partial charge in [0.25, 0.3) is 0 Å². The predicted molar refractivity (Wildman–Crippen MR) is 154 cm³/mol. The summed E-state index contributed by atoms with van der Waals surface area (Å²) in [5, 5.41) is 6.33. The van der Waals surface area contributed by atoms with Crippen LogP contribution < -0.4 is 10.6 Å². The van der Waals surface area contributed by atoms with Crippen LogP contribution in [0.25, 0.3) is 16.9 Å². The molecule has 1 fully saturated rings. The van der Waals surface area contributed by atoms with Crippen molar-refractivity contribution in [2.75, 3.05) is 17.2 Å².